The van der Waals surface area contributed by atoms with Crippen molar-refractivity contribution in [1.82, 2.24) is 0 Å². The average molecular weight is 103 g/mol. The Kier molecular flexibility index (Phi) is 2.42. The fourth-order valence-electron chi connectivity index (χ4n) is 0. The van der Waals surface area contributed by atoms with E-state index < -0.39 is 0 Å². The molecule has 1 atom stereocenters. The van der Waals surface area contributed by atoms with Crippen molar-refractivity contribution in [2.75, 3.05) is 0 Å². The number of carbonyl (C=O) groups is 1. The van der Waals surface area contributed by atoms with Gasteiger partial charge < -0.3 is 10.5 Å². The van der Waals surface area contributed by atoms with Crippen molar-refractivity contribution in [3.05, 3.63) is 0 Å². The quantitative estimate of drug-likeness (QED) is 0.421. The van der Waals surface area contributed by atoms with Gasteiger partial charge in [-0.15, -0.1) is 0 Å². The van der Waals surface area contributed by atoms with Gasteiger partial charge >= 0.3 is 16.3 Å². The van der Waals surface area contributed by atoms with Crippen LogP contribution in [0.3, 0.4) is 0 Å². The normalized spacial score (nSPS) is 13.7. The molecule has 0 aromatic rings. The Balaban J connectivity index is 0. The Bertz CT molecular complexity index is 66.0. The van der Waals surface area contributed by atoms with Gasteiger partial charge in [0.25, 0.3) is 0 Å². The van der Waals surface area contributed by atoms with Crippen LogP contribution in [-0.2, 0) is 4.79 Å². The van der Waals surface area contributed by atoms with Crippen molar-refractivity contribution < 1.29 is 6.22 Å². The molecule has 0 radical (unpaired) electrons. The van der Waals surface area contributed by atoms with Crippen molar-refractivity contribution in [2.24, 2.45) is 5.73 Å². The highest BCUT2D eigenvalue weighted by atomic mass is 27.0. The van der Waals surface area contributed by atoms with E-state index in [0.717, 1.165) is 0 Å². The maximum atomic E-state index is 10.1. The van der Waals surface area contributed by atoms with E-state index in [-0.39, 0.29) is 12.1 Å². The van der Waals surface area contributed by atoms with Crippen LogP contribution < -0.4 is 5.73 Å². The second-order valence-corrected chi connectivity index (χ2v) is 2.38. The first-order valence-electron chi connectivity index (χ1n) is 1.90. The van der Waals surface area contributed by atoms with E-state index >= 15 is 0 Å². The third-order valence-corrected chi connectivity index (χ3v) is 1.55. The molecule has 0 aliphatic carbocycles. The highest BCUT2D eigenvalue weighted by molar-refractivity contribution is 6.58. The molecule has 0 aliphatic rings. The summed E-state index contributed by atoms with van der Waals surface area (Å²) in [6, 6.07) is -0.225. The van der Waals surface area contributed by atoms with Crippen LogP contribution in [0.2, 0.25) is 0 Å². The van der Waals surface area contributed by atoms with Gasteiger partial charge in [-0.2, -0.15) is 0 Å². The summed E-state index contributed by atoms with van der Waals surface area (Å²) in [6.07, 6.45) is 0. The van der Waals surface area contributed by atoms with E-state index in [1.165, 1.54) is 0 Å². The van der Waals surface area contributed by atoms with Crippen LogP contribution in [0.15, 0.2) is 0 Å². The standard InChI is InChI=1S/C3H6NO.Al.H2.2H/c1-3(4)2-5;;;;/h3H,4H2,1H3;;1H;;/t3-;;;;/m0..../s1. The summed E-state index contributed by atoms with van der Waals surface area (Å²) in [5.74, 6) is 0. The van der Waals surface area contributed by atoms with Crippen LogP contribution in [0, 0.1) is 0 Å². The Morgan fingerprint density at radius 1 is 2.17 bits per heavy atom. The summed E-state index contributed by atoms with van der Waals surface area (Å²) >= 11 is 0.590. The van der Waals surface area contributed by atoms with Gasteiger partial charge in [-0.05, 0) is 6.92 Å². The van der Waals surface area contributed by atoms with Crippen LogP contribution in [-0.4, -0.2) is 27.0 Å². The maximum Gasteiger partial charge on any atom is 0.321 e. The van der Waals surface area contributed by atoms with E-state index in [0.29, 0.717) is 16.3 Å². The minimum atomic E-state index is -0.225. The first-order valence-corrected chi connectivity index (χ1v) is 2.90. The molecule has 0 saturated carbocycles. The zero-order valence-electron chi connectivity index (χ0n) is 4.06. The molecule has 36 valence electrons. The van der Waals surface area contributed by atoms with Gasteiger partial charge in [0.05, 0.1) is 4.65 Å². The number of carbonyl (C=O) groups excluding carboxylic acids is 1. The van der Waals surface area contributed by atoms with Gasteiger partial charge in [-0.1, -0.05) is 0 Å². The van der Waals surface area contributed by atoms with Crippen molar-refractivity contribution in [2.45, 2.75) is 13.0 Å². The molecule has 0 aromatic carbocycles. The van der Waals surface area contributed by atoms with Crippen LogP contribution in [0.5, 0.6) is 0 Å². The largest absolute Gasteiger partial charge is 0.323 e. The van der Waals surface area contributed by atoms with Crippen LogP contribution in [0.4, 0.5) is 0 Å². The number of hydrogen-bond donors (Lipinski definition) is 1. The smallest absolute Gasteiger partial charge is 0.321 e. The molecule has 0 rings (SSSR count). The molecule has 0 fully saturated rings. The van der Waals surface area contributed by atoms with Gasteiger partial charge in [0, 0.05) is 7.47 Å². The Hall–Kier alpha value is 0.162. The maximum absolute atomic E-state index is 10.1. The molecule has 6 heavy (non-hydrogen) atoms. The predicted octanol–water partition coefficient (Wildman–Crippen LogP) is -1.26. The minimum absolute atomic E-state index is 0. The minimum Gasteiger partial charge on any atom is -0.323 e. The first kappa shape index (κ1) is 6.16. The molecule has 2 nitrogen and oxygen atoms in total. The molecule has 0 aromatic heterocycles. The van der Waals surface area contributed by atoms with Crippen LogP contribution in [0.25, 0.3) is 0 Å². The van der Waals surface area contributed by atoms with E-state index in [4.69, 9.17) is 5.73 Å². The Morgan fingerprint density at radius 2 is 2.33 bits per heavy atom. The van der Waals surface area contributed by atoms with Gasteiger partial charge in [0.1, 0.15) is 0 Å². The third kappa shape index (κ3) is 2.40. The summed E-state index contributed by atoms with van der Waals surface area (Å²) in [7, 11) is 0. The molecule has 3 heteroatoms. The number of rotatable bonds is 1. The highest BCUT2D eigenvalue weighted by Crippen LogP contribution is 1.67. The lowest BCUT2D eigenvalue weighted by Gasteiger charge is -1.93. The predicted molar refractivity (Wildman–Crippen MR) is 29.3 cm³/mol. The molecule has 0 spiro atoms. The SMILES string of the molecule is C[C@H](N)[C](=O)[AlH2].[HH]. The van der Waals surface area contributed by atoms with E-state index in [9.17, 15) is 4.79 Å². The van der Waals surface area contributed by atoms with E-state index in [1.807, 2.05) is 0 Å². The summed E-state index contributed by atoms with van der Waals surface area (Å²) in [5, 5.41) is 0. The fourth-order valence-corrected chi connectivity index (χ4v) is 0. The second kappa shape index (κ2) is 2.36. The lowest BCUT2D eigenvalue weighted by Crippen LogP contribution is -2.26. The zero-order chi connectivity index (χ0) is 5.15. The van der Waals surface area contributed by atoms with Gasteiger partial charge in [-0.25, -0.2) is 0 Å². The molecule has 2 N–H and O–H groups in total. The van der Waals surface area contributed by atoms with Crippen molar-refractivity contribution in [3.63, 3.8) is 0 Å². The molecule has 0 heterocycles. The van der Waals surface area contributed by atoms with Gasteiger partial charge in [-0.3, -0.25) is 0 Å². The first-order chi connectivity index (χ1) is 2.64. The van der Waals surface area contributed by atoms with Crippen molar-refractivity contribution >= 4 is 20.9 Å². The monoisotopic (exact) mass is 103 g/mol. The highest BCUT2D eigenvalue weighted by Gasteiger charge is 1.94. The number of nitrogens with two attached hydrogens (primary N) is 1. The summed E-state index contributed by atoms with van der Waals surface area (Å²) < 4.78 is 0.176. The molecular formula is C3H10AlNO. The van der Waals surface area contributed by atoms with Crippen LogP contribution >= 0.6 is 0 Å². The fraction of sp³-hybridized carbons (Fsp3) is 0.667. The topological polar surface area (TPSA) is 43.1 Å². The molecule has 0 aliphatic heterocycles. The zero-order valence-corrected chi connectivity index (χ0v) is 6.06. The van der Waals surface area contributed by atoms with Gasteiger partial charge in [0.15, 0.2) is 0 Å². The lowest BCUT2D eigenvalue weighted by atomic mass is 10.4. The summed E-state index contributed by atoms with van der Waals surface area (Å²) in [4.78, 5) is 10.1. The second-order valence-electron chi connectivity index (χ2n) is 1.40. The average Bonchev–Trinajstić information content (AvgIpc) is 1.36. The van der Waals surface area contributed by atoms with E-state index in [2.05, 4.69) is 0 Å². The molecule has 0 bridgehead atoms. The Labute approximate surface area is 46.6 Å². The molecule has 0 amide bonds. The number of hydrogen-bond acceptors (Lipinski definition) is 2. The third-order valence-electron chi connectivity index (χ3n) is 0.641. The van der Waals surface area contributed by atoms with Gasteiger partial charge in [0.2, 0.25) is 0 Å². The summed E-state index contributed by atoms with van der Waals surface area (Å²) in [6.45, 7) is 1.70. The summed E-state index contributed by atoms with van der Waals surface area (Å²) in [5.41, 5.74) is 5.12. The Morgan fingerprint density at radius 3 is 2.33 bits per heavy atom. The van der Waals surface area contributed by atoms with Crippen LogP contribution in [0.1, 0.15) is 8.35 Å². The molecule has 0 unspecified atom stereocenters. The molecular weight excluding hydrogens is 93.0 g/mol. The van der Waals surface area contributed by atoms with E-state index in [1.54, 1.807) is 6.92 Å². The molecule has 0 saturated heterocycles. The van der Waals surface area contributed by atoms with Crippen molar-refractivity contribution in [1.29, 1.82) is 0 Å². The van der Waals surface area contributed by atoms with Crippen molar-refractivity contribution in [3.8, 4) is 0 Å². The lowest BCUT2D eigenvalue weighted by molar-refractivity contribution is -0.112.